The van der Waals surface area contributed by atoms with Crippen molar-refractivity contribution in [2.75, 3.05) is 11.9 Å². The van der Waals surface area contributed by atoms with Crippen LogP contribution in [0.15, 0.2) is 42.6 Å². The molecule has 4 nitrogen and oxygen atoms in total. The standard InChI is InChI=1S/C18H22N4/c1-3-8-15-12-17(19-11-4-2)22-18(21-15)16(13-20-22)14-9-6-5-7-10-14/h5-7,9-10,12-13,19H,3-4,8,11H2,1-2H3. The van der Waals surface area contributed by atoms with Crippen molar-refractivity contribution >= 4 is 11.5 Å². The Morgan fingerprint density at radius 3 is 2.64 bits per heavy atom. The Morgan fingerprint density at radius 2 is 1.91 bits per heavy atom. The maximum atomic E-state index is 4.83. The molecule has 0 aliphatic rings. The van der Waals surface area contributed by atoms with Gasteiger partial charge in [-0.25, -0.2) is 4.98 Å². The zero-order valence-corrected chi connectivity index (χ0v) is 13.2. The highest BCUT2D eigenvalue weighted by atomic mass is 15.3. The van der Waals surface area contributed by atoms with Crippen LogP contribution in [0.4, 0.5) is 5.82 Å². The molecule has 4 heteroatoms. The Morgan fingerprint density at radius 1 is 1.09 bits per heavy atom. The number of hydrogen-bond acceptors (Lipinski definition) is 3. The largest absolute Gasteiger partial charge is 0.370 e. The lowest BCUT2D eigenvalue weighted by Crippen LogP contribution is -2.08. The average molecular weight is 294 g/mol. The van der Waals surface area contributed by atoms with Gasteiger partial charge in [0, 0.05) is 23.9 Å². The van der Waals surface area contributed by atoms with Crippen molar-refractivity contribution in [2.24, 2.45) is 0 Å². The molecule has 0 radical (unpaired) electrons. The van der Waals surface area contributed by atoms with E-state index in [-0.39, 0.29) is 0 Å². The molecule has 2 heterocycles. The first kappa shape index (κ1) is 14.6. The quantitative estimate of drug-likeness (QED) is 0.742. The van der Waals surface area contributed by atoms with Crippen LogP contribution < -0.4 is 5.32 Å². The molecule has 3 aromatic rings. The average Bonchev–Trinajstić information content (AvgIpc) is 2.98. The van der Waals surface area contributed by atoms with Crippen LogP contribution in [0.3, 0.4) is 0 Å². The highest BCUT2D eigenvalue weighted by Crippen LogP contribution is 2.25. The van der Waals surface area contributed by atoms with Gasteiger partial charge in [0.2, 0.25) is 0 Å². The van der Waals surface area contributed by atoms with E-state index in [1.807, 2.05) is 28.9 Å². The minimum atomic E-state index is 0.927. The summed E-state index contributed by atoms with van der Waals surface area (Å²) in [5.41, 5.74) is 4.28. The predicted octanol–water partition coefficient (Wildman–Crippen LogP) is 4.17. The number of anilines is 1. The van der Waals surface area contributed by atoms with Gasteiger partial charge in [-0.15, -0.1) is 0 Å². The normalized spacial score (nSPS) is 11.0. The smallest absolute Gasteiger partial charge is 0.165 e. The number of nitrogens with one attached hydrogen (secondary N) is 1. The van der Waals surface area contributed by atoms with E-state index in [9.17, 15) is 0 Å². The van der Waals surface area contributed by atoms with E-state index in [0.717, 1.165) is 54.1 Å². The van der Waals surface area contributed by atoms with Crippen molar-refractivity contribution in [2.45, 2.75) is 33.1 Å². The Bertz CT molecular complexity index is 746. The van der Waals surface area contributed by atoms with Gasteiger partial charge in [-0.3, -0.25) is 0 Å². The summed E-state index contributed by atoms with van der Waals surface area (Å²) >= 11 is 0. The lowest BCUT2D eigenvalue weighted by molar-refractivity contribution is 0.851. The SMILES string of the molecule is CCCNc1cc(CCC)nc2c(-c3ccccc3)cnn12. The van der Waals surface area contributed by atoms with E-state index < -0.39 is 0 Å². The van der Waals surface area contributed by atoms with Gasteiger partial charge in [0.1, 0.15) is 5.82 Å². The molecule has 0 saturated carbocycles. The van der Waals surface area contributed by atoms with Gasteiger partial charge in [0.15, 0.2) is 5.65 Å². The molecule has 0 atom stereocenters. The number of fused-ring (bicyclic) bond motifs is 1. The molecule has 1 N–H and O–H groups in total. The molecule has 114 valence electrons. The van der Waals surface area contributed by atoms with Crippen molar-refractivity contribution < 1.29 is 0 Å². The molecule has 3 rings (SSSR count). The maximum absolute atomic E-state index is 4.83. The zero-order chi connectivity index (χ0) is 15.4. The zero-order valence-electron chi connectivity index (χ0n) is 13.2. The Labute approximate surface area is 131 Å². The number of nitrogens with zero attached hydrogens (tertiary/aromatic N) is 3. The summed E-state index contributed by atoms with van der Waals surface area (Å²) in [4.78, 5) is 4.83. The molecule has 0 aliphatic heterocycles. The molecule has 0 fully saturated rings. The van der Waals surface area contributed by atoms with Crippen molar-refractivity contribution in [1.29, 1.82) is 0 Å². The van der Waals surface area contributed by atoms with Crippen LogP contribution in [0.5, 0.6) is 0 Å². The lowest BCUT2D eigenvalue weighted by atomic mass is 10.1. The third kappa shape index (κ3) is 2.82. The molecule has 0 spiro atoms. The van der Waals surface area contributed by atoms with Crippen molar-refractivity contribution in [3.63, 3.8) is 0 Å². The first-order chi connectivity index (χ1) is 10.8. The summed E-state index contributed by atoms with van der Waals surface area (Å²) in [6.45, 7) is 5.28. The number of hydrogen-bond donors (Lipinski definition) is 1. The fourth-order valence-corrected chi connectivity index (χ4v) is 2.60. The minimum absolute atomic E-state index is 0.927. The van der Waals surface area contributed by atoms with Gasteiger partial charge in [-0.2, -0.15) is 9.61 Å². The summed E-state index contributed by atoms with van der Waals surface area (Å²) in [7, 11) is 0. The topological polar surface area (TPSA) is 42.2 Å². The summed E-state index contributed by atoms with van der Waals surface area (Å²) in [6.07, 6.45) is 5.06. The highest BCUT2D eigenvalue weighted by molar-refractivity contribution is 5.78. The second-order valence-electron chi connectivity index (χ2n) is 5.47. The lowest BCUT2D eigenvalue weighted by Gasteiger charge is -2.10. The molecular formula is C18H22N4. The fraction of sp³-hybridized carbons (Fsp3) is 0.333. The minimum Gasteiger partial charge on any atom is -0.370 e. The van der Waals surface area contributed by atoms with E-state index in [1.54, 1.807) is 0 Å². The van der Waals surface area contributed by atoms with Crippen molar-refractivity contribution in [3.05, 3.63) is 48.3 Å². The van der Waals surface area contributed by atoms with E-state index in [0.29, 0.717) is 0 Å². The molecule has 22 heavy (non-hydrogen) atoms. The molecule has 0 aliphatic carbocycles. The van der Waals surface area contributed by atoms with E-state index in [4.69, 9.17) is 4.98 Å². The van der Waals surface area contributed by atoms with Crippen LogP contribution in [-0.2, 0) is 6.42 Å². The Hall–Kier alpha value is -2.36. The van der Waals surface area contributed by atoms with Crippen LogP contribution in [0.2, 0.25) is 0 Å². The van der Waals surface area contributed by atoms with E-state index in [1.165, 1.54) is 0 Å². The van der Waals surface area contributed by atoms with E-state index >= 15 is 0 Å². The van der Waals surface area contributed by atoms with Gasteiger partial charge >= 0.3 is 0 Å². The first-order valence-electron chi connectivity index (χ1n) is 8.00. The first-order valence-corrected chi connectivity index (χ1v) is 8.00. The second kappa shape index (κ2) is 6.60. The van der Waals surface area contributed by atoms with Gasteiger partial charge in [-0.05, 0) is 18.4 Å². The van der Waals surface area contributed by atoms with Gasteiger partial charge < -0.3 is 5.32 Å². The molecule has 0 saturated heterocycles. The summed E-state index contributed by atoms with van der Waals surface area (Å²) in [5, 5.41) is 8.00. The highest BCUT2D eigenvalue weighted by Gasteiger charge is 2.12. The predicted molar refractivity (Wildman–Crippen MR) is 91.2 cm³/mol. The Kier molecular flexibility index (Phi) is 4.37. The number of aryl methyl sites for hydroxylation is 1. The monoisotopic (exact) mass is 294 g/mol. The molecular weight excluding hydrogens is 272 g/mol. The summed E-state index contributed by atoms with van der Waals surface area (Å²) < 4.78 is 1.91. The third-order valence-corrected chi connectivity index (χ3v) is 3.67. The molecule has 0 bridgehead atoms. The van der Waals surface area contributed by atoms with Crippen molar-refractivity contribution in [3.8, 4) is 11.1 Å². The summed E-state index contributed by atoms with van der Waals surface area (Å²) in [5.74, 6) is 1.03. The van der Waals surface area contributed by atoms with Crippen LogP contribution in [0, 0.1) is 0 Å². The van der Waals surface area contributed by atoms with Crippen LogP contribution in [0.25, 0.3) is 16.8 Å². The van der Waals surface area contributed by atoms with Crippen LogP contribution >= 0.6 is 0 Å². The maximum Gasteiger partial charge on any atom is 0.165 e. The van der Waals surface area contributed by atoms with Crippen molar-refractivity contribution in [1.82, 2.24) is 14.6 Å². The molecule has 0 amide bonds. The van der Waals surface area contributed by atoms with E-state index in [2.05, 4.69) is 42.5 Å². The van der Waals surface area contributed by atoms with Gasteiger partial charge in [0.05, 0.1) is 6.20 Å². The summed E-state index contributed by atoms with van der Waals surface area (Å²) in [6, 6.07) is 12.4. The van der Waals surface area contributed by atoms with Gasteiger partial charge in [0.25, 0.3) is 0 Å². The fourth-order valence-electron chi connectivity index (χ4n) is 2.60. The van der Waals surface area contributed by atoms with Gasteiger partial charge in [-0.1, -0.05) is 50.6 Å². The Balaban J connectivity index is 2.13. The number of rotatable bonds is 6. The molecule has 0 unspecified atom stereocenters. The van der Waals surface area contributed by atoms with Crippen LogP contribution in [-0.4, -0.2) is 21.1 Å². The molecule has 1 aromatic carbocycles. The molecule has 2 aromatic heterocycles. The third-order valence-electron chi connectivity index (χ3n) is 3.67. The number of benzene rings is 1. The second-order valence-corrected chi connectivity index (χ2v) is 5.47. The van der Waals surface area contributed by atoms with Crippen LogP contribution in [0.1, 0.15) is 32.4 Å². The number of aromatic nitrogens is 3.